The molecule has 0 saturated heterocycles. The average Bonchev–Trinajstić information content (AvgIpc) is 2.88. The minimum absolute atomic E-state index is 0.139. The van der Waals surface area contributed by atoms with Gasteiger partial charge < -0.3 is 14.4 Å². The van der Waals surface area contributed by atoms with Gasteiger partial charge in [-0.2, -0.15) is 0 Å². The molecule has 2 aromatic rings. The fraction of sp³-hybridized carbons (Fsp3) is 0.375. The van der Waals surface area contributed by atoms with E-state index < -0.39 is 0 Å². The molecule has 0 fully saturated rings. The van der Waals surface area contributed by atoms with Crippen LogP contribution in [0.2, 0.25) is 0 Å². The highest BCUT2D eigenvalue weighted by Crippen LogP contribution is 2.24. The molecule has 1 heterocycles. The number of aliphatic hydroxyl groups is 1. The second-order valence-electron chi connectivity index (χ2n) is 5.41. The number of aromatic nitrogens is 1. The van der Waals surface area contributed by atoms with Crippen molar-refractivity contribution >= 4 is 0 Å². The van der Waals surface area contributed by atoms with Crippen LogP contribution in [0.1, 0.15) is 25.1 Å². The second-order valence-corrected chi connectivity index (χ2v) is 5.41. The quantitative estimate of drug-likeness (QED) is 0.896. The van der Waals surface area contributed by atoms with Crippen LogP contribution in [0.4, 0.5) is 0 Å². The van der Waals surface area contributed by atoms with Crippen LogP contribution in [0.25, 0.3) is 0 Å². The lowest BCUT2D eigenvalue weighted by molar-refractivity contribution is 0.212. The third-order valence-electron chi connectivity index (χ3n) is 3.43. The van der Waals surface area contributed by atoms with E-state index >= 15 is 0 Å². The lowest BCUT2D eigenvalue weighted by Gasteiger charge is -2.24. The summed E-state index contributed by atoms with van der Waals surface area (Å²) in [6.07, 6.45) is 2.05. The first-order valence-electron chi connectivity index (χ1n) is 6.46. The van der Waals surface area contributed by atoms with Crippen LogP contribution in [0.5, 0.6) is 5.75 Å². The Morgan fingerprint density at radius 2 is 1.84 bits per heavy atom. The minimum Gasteiger partial charge on any atom is -0.497 e. The van der Waals surface area contributed by atoms with Gasteiger partial charge in [0.05, 0.1) is 13.7 Å². The van der Waals surface area contributed by atoms with Crippen LogP contribution in [-0.4, -0.2) is 23.4 Å². The first-order chi connectivity index (χ1) is 9.06. The summed E-state index contributed by atoms with van der Waals surface area (Å²) in [6, 6.07) is 12.2. The van der Waals surface area contributed by atoms with Crippen molar-refractivity contribution in [3.8, 4) is 5.75 Å². The highest BCUT2D eigenvalue weighted by atomic mass is 16.5. The summed E-state index contributed by atoms with van der Waals surface area (Å²) < 4.78 is 7.34. The van der Waals surface area contributed by atoms with E-state index in [2.05, 4.69) is 29.0 Å². The number of aliphatic hydroxyl groups excluding tert-OH is 1. The maximum Gasteiger partial charge on any atom is 0.118 e. The molecule has 0 aliphatic rings. The van der Waals surface area contributed by atoms with Gasteiger partial charge >= 0.3 is 0 Å². The molecule has 102 valence electrons. The average molecular weight is 259 g/mol. The van der Waals surface area contributed by atoms with Gasteiger partial charge in [-0.15, -0.1) is 0 Å². The van der Waals surface area contributed by atoms with Crippen molar-refractivity contribution in [2.75, 3.05) is 13.7 Å². The zero-order chi connectivity index (χ0) is 13.9. The van der Waals surface area contributed by atoms with Gasteiger partial charge in [0.2, 0.25) is 0 Å². The predicted molar refractivity (Wildman–Crippen MR) is 76.6 cm³/mol. The van der Waals surface area contributed by atoms with Crippen LogP contribution >= 0.6 is 0 Å². The monoisotopic (exact) mass is 259 g/mol. The maximum absolute atomic E-state index is 9.49. The molecule has 3 nitrogen and oxygen atoms in total. The Balaban J connectivity index is 2.21. The van der Waals surface area contributed by atoms with E-state index in [0.29, 0.717) is 0 Å². The third-order valence-corrected chi connectivity index (χ3v) is 3.43. The Hall–Kier alpha value is -1.74. The third kappa shape index (κ3) is 2.99. The van der Waals surface area contributed by atoms with E-state index in [1.807, 2.05) is 32.0 Å². The molecule has 0 unspecified atom stereocenters. The number of benzene rings is 1. The summed E-state index contributed by atoms with van der Waals surface area (Å²) in [4.78, 5) is 0. The molecule has 1 aromatic heterocycles. The molecule has 0 spiro atoms. The van der Waals surface area contributed by atoms with E-state index in [0.717, 1.165) is 18.0 Å². The van der Waals surface area contributed by atoms with Gasteiger partial charge in [0.25, 0.3) is 0 Å². The Labute approximate surface area is 114 Å². The van der Waals surface area contributed by atoms with Gasteiger partial charge in [0.1, 0.15) is 5.75 Å². The molecule has 0 radical (unpaired) electrons. The summed E-state index contributed by atoms with van der Waals surface area (Å²) in [5.41, 5.74) is 2.13. The Morgan fingerprint density at radius 1 is 1.16 bits per heavy atom. The van der Waals surface area contributed by atoms with Gasteiger partial charge in [-0.05, 0) is 29.8 Å². The predicted octanol–water partition coefficient (Wildman–Crippen LogP) is 2.81. The number of ether oxygens (including phenoxy) is 1. The summed E-state index contributed by atoms with van der Waals surface area (Å²) in [6.45, 7) is 5.04. The maximum atomic E-state index is 9.49. The lowest BCUT2D eigenvalue weighted by Crippen LogP contribution is -2.25. The van der Waals surface area contributed by atoms with Gasteiger partial charge in [0, 0.05) is 23.9 Å². The van der Waals surface area contributed by atoms with Crippen molar-refractivity contribution in [2.24, 2.45) is 0 Å². The summed E-state index contributed by atoms with van der Waals surface area (Å²) in [7, 11) is 1.67. The molecule has 1 N–H and O–H groups in total. The van der Waals surface area contributed by atoms with Crippen molar-refractivity contribution < 1.29 is 9.84 Å². The molecule has 2 rings (SSSR count). The van der Waals surface area contributed by atoms with Gasteiger partial charge in [-0.1, -0.05) is 26.0 Å². The van der Waals surface area contributed by atoms with E-state index in [9.17, 15) is 5.11 Å². The fourth-order valence-corrected chi connectivity index (χ4v) is 2.17. The van der Waals surface area contributed by atoms with Crippen LogP contribution in [0, 0.1) is 0 Å². The van der Waals surface area contributed by atoms with Crippen molar-refractivity contribution in [3.63, 3.8) is 0 Å². The van der Waals surface area contributed by atoms with Gasteiger partial charge in [-0.3, -0.25) is 0 Å². The highest BCUT2D eigenvalue weighted by Gasteiger charge is 2.22. The van der Waals surface area contributed by atoms with Crippen LogP contribution in [0.3, 0.4) is 0 Å². The van der Waals surface area contributed by atoms with Crippen LogP contribution in [0.15, 0.2) is 42.6 Å². The molecular weight excluding hydrogens is 238 g/mol. The number of hydrogen-bond donors (Lipinski definition) is 1. The molecule has 0 amide bonds. The second kappa shape index (κ2) is 5.49. The topological polar surface area (TPSA) is 34.4 Å². The molecule has 0 atom stereocenters. The Bertz CT molecular complexity index is 526. The smallest absolute Gasteiger partial charge is 0.118 e. The Morgan fingerprint density at radius 3 is 2.42 bits per heavy atom. The van der Waals surface area contributed by atoms with E-state index in [1.165, 1.54) is 5.56 Å². The van der Waals surface area contributed by atoms with E-state index in [1.54, 1.807) is 7.11 Å². The van der Waals surface area contributed by atoms with E-state index in [-0.39, 0.29) is 12.0 Å². The number of rotatable bonds is 5. The normalized spacial score (nSPS) is 11.6. The molecule has 3 heteroatoms. The molecule has 19 heavy (non-hydrogen) atoms. The van der Waals surface area contributed by atoms with Crippen molar-refractivity contribution in [1.29, 1.82) is 0 Å². The van der Waals surface area contributed by atoms with Gasteiger partial charge in [0.15, 0.2) is 0 Å². The largest absolute Gasteiger partial charge is 0.497 e. The molecule has 0 aliphatic carbocycles. The van der Waals surface area contributed by atoms with Gasteiger partial charge in [-0.25, -0.2) is 0 Å². The molecule has 1 aromatic carbocycles. The highest BCUT2D eigenvalue weighted by molar-refractivity contribution is 5.28. The zero-order valence-electron chi connectivity index (χ0n) is 11.8. The molecule has 0 bridgehead atoms. The first kappa shape index (κ1) is 13.7. The summed E-state index contributed by atoms with van der Waals surface area (Å²) >= 11 is 0. The first-order valence-corrected chi connectivity index (χ1v) is 6.46. The zero-order valence-corrected chi connectivity index (χ0v) is 11.8. The molecule has 0 aliphatic heterocycles. The number of nitrogens with zero attached hydrogens (tertiary/aromatic N) is 1. The van der Waals surface area contributed by atoms with Crippen molar-refractivity contribution in [2.45, 2.75) is 25.8 Å². The summed E-state index contributed by atoms with van der Waals surface area (Å²) in [5, 5.41) is 9.49. The van der Waals surface area contributed by atoms with E-state index in [4.69, 9.17) is 4.74 Å². The van der Waals surface area contributed by atoms with Crippen LogP contribution < -0.4 is 4.74 Å². The standard InChI is InChI=1S/C16H21NO2/c1-16(2,12-18)15-5-4-10-17(15)11-13-6-8-14(19-3)9-7-13/h4-10,18H,11-12H2,1-3H3. The summed E-state index contributed by atoms with van der Waals surface area (Å²) in [5.74, 6) is 0.868. The minimum atomic E-state index is -0.226. The van der Waals surface area contributed by atoms with Crippen LogP contribution in [-0.2, 0) is 12.0 Å². The number of hydrogen-bond acceptors (Lipinski definition) is 2. The van der Waals surface area contributed by atoms with Crippen molar-refractivity contribution in [3.05, 3.63) is 53.9 Å². The molecule has 0 saturated carbocycles. The number of methoxy groups -OCH3 is 1. The Kier molecular flexibility index (Phi) is 3.96. The fourth-order valence-electron chi connectivity index (χ4n) is 2.17. The molecular formula is C16H21NO2. The van der Waals surface area contributed by atoms with Crippen molar-refractivity contribution in [1.82, 2.24) is 4.57 Å². The lowest BCUT2D eigenvalue weighted by atomic mass is 9.90. The SMILES string of the molecule is COc1ccc(Cn2cccc2C(C)(C)CO)cc1.